The van der Waals surface area contributed by atoms with Gasteiger partial charge < -0.3 is 10.6 Å². The predicted molar refractivity (Wildman–Crippen MR) is 80.5 cm³/mol. The highest BCUT2D eigenvalue weighted by atomic mass is 16.2. The van der Waals surface area contributed by atoms with E-state index in [2.05, 4.69) is 17.6 Å². The average molecular weight is 263 g/mol. The molecule has 19 heavy (non-hydrogen) atoms. The molecule has 0 atom stereocenters. The van der Waals surface area contributed by atoms with Crippen LogP contribution < -0.4 is 10.6 Å². The Bertz CT molecular complexity index is 375. The summed E-state index contributed by atoms with van der Waals surface area (Å²) in [6, 6.07) is 8.01. The van der Waals surface area contributed by atoms with Crippen LogP contribution in [0.25, 0.3) is 0 Å². The number of anilines is 1. The van der Waals surface area contributed by atoms with E-state index in [4.69, 9.17) is 0 Å². The highest BCUT2D eigenvalue weighted by Crippen LogP contribution is 2.09. The van der Waals surface area contributed by atoms with Crippen LogP contribution >= 0.6 is 0 Å². The van der Waals surface area contributed by atoms with Gasteiger partial charge in [0.1, 0.15) is 0 Å². The summed E-state index contributed by atoms with van der Waals surface area (Å²) in [5.74, 6) is 0.0382. The Hall–Kier alpha value is -1.39. The molecule has 4 heteroatoms. The first-order chi connectivity index (χ1) is 9.15. The van der Waals surface area contributed by atoms with Crippen LogP contribution in [-0.4, -0.2) is 44.5 Å². The van der Waals surface area contributed by atoms with Gasteiger partial charge in [-0.1, -0.05) is 19.1 Å². The minimum absolute atomic E-state index is 0.0382. The number of hydrogen-bond acceptors (Lipinski definition) is 3. The molecular formula is C15H25N3O. The fraction of sp³-hybridized carbons (Fsp3) is 0.533. The molecule has 0 aliphatic carbocycles. The average Bonchev–Trinajstić information content (AvgIpc) is 2.39. The van der Waals surface area contributed by atoms with Crippen LogP contribution in [0.15, 0.2) is 24.3 Å². The molecular weight excluding hydrogens is 238 g/mol. The van der Waals surface area contributed by atoms with Gasteiger partial charge >= 0.3 is 0 Å². The molecule has 2 N–H and O–H groups in total. The standard InChI is InChI=1S/C15H25N3O/c1-4-13-6-8-14(9-7-13)17-15(19)12-18(3)11-5-10-16-2/h6-9,16H,4-5,10-12H2,1-3H3,(H,17,19). The molecule has 0 aromatic heterocycles. The number of benzene rings is 1. The third-order valence-corrected chi connectivity index (χ3v) is 3.03. The number of carbonyl (C=O) groups excluding carboxylic acids is 1. The van der Waals surface area contributed by atoms with Crippen LogP contribution in [-0.2, 0) is 11.2 Å². The molecule has 0 aliphatic heterocycles. The maximum Gasteiger partial charge on any atom is 0.238 e. The van der Waals surface area contributed by atoms with E-state index in [9.17, 15) is 4.79 Å². The van der Waals surface area contributed by atoms with Crippen molar-refractivity contribution in [2.75, 3.05) is 39.0 Å². The minimum atomic E-state index is 0.0382. The van der Waals surface area contributed by atoms with Crippen LogP contribution in [0.1, 0.15) is 18.9 Å². The van der Waals surface area contributed by atoms with Crippen molar-refractivity contribution in [1.29, 1.82) is 0 Å². The summed E-state index contributed by atoms with van der Waals surface area (Å²) in [5, 5.41) is 6.02. The van der Waals surface area contributed by atoms with E-state index in [0.29, 0.717) is 6.54 Å². The first kappa shape index (κ1) is 15.7. The third kappa shape index (κ3) is 6.36. The summed E-state index contributed by atoms with van der Waals surface area (Å²) >= 11 is 0. The summed E-state index contributed by atoms with van der Waals surface area (Å²) in [5.41, 5.74) is 2.15. The Morgan fingerprint density at radius 2 is 1.95 bits per heavy atom. The largest absolute Gasteiger partial charge is 0.325 e. The van der Waals surface area contributed by atoms with Crippen molar-refractivity contribution in [3.05, 3.63) is 29.8 Å². The van der Waals surface area contributed by atoms with Gasteiger partial charge in [-0.3, -0.25) is 9.69 Å². The quantitative estimate of drug-likeness (QED) is 0.702. The summed E-state index contributed by atoms with van der Waals surface area (Å²) in [7, 11) is 3.90. The van der Waals surface area contributed by atoms with Gasteiger partial charge in [-0.05, 0) is 57.7 Å². The van der Waals surface area contributed by atoms with Gasteiger partial charge in [0, 0.05) is 5.69 Å². The molecule has 0 heterocycles. The van der Waals surface area contributed by atoms with E-state index in [0.717, 1.165) is 31.6 Å². The lowest BCUT2D eigenvalue weighted by atomic mass is 10.1. The zero-order valence-electron chi connectivity index (χ0n) is 12.2. The normalized spacial score (nSPS) is 10.7. The van der Waals surface area contributed by atoms with Gasteiger partial charge in [-0.15, -0.1) is 0 Å². The van der Waals surface area contributed by atoms with Gasteiger partial charge in [0.15, 0.2) is 0 Å². The molecule has 4 nitrogen and oxygen atoms in total. The maximum absolute atomic E-state index is 11.8. The van der Waals surface area contributed by atoms with Crippen molar-refractivity contribution >= 4 is 11.6 Å². The van der Waals surface area contributed by atoms with Crippen molar-refractivity contribution in [2.45, 2.75) is 19.8 Å². The minimum Gasteiger partial charge on any atom is -0.325 e. The first-order valence-electron chi connectivity index (χ1n) is 6.87. The second kappa shape index (κ2) is 8.67. The van der Waals surface area contributed by atoms with E-state index in [1.165, 1.54) is 5.56 Å². The van der Waals surface area contributed by atoms with Gasteiger partial charge in [0.05, 0.1) is 6.54 Å². The fourth-order valence-electron chi connectivity index (χ4n) is 1.87. The molecule has 0 unspecified atom stereocenters. The molecule has 106 valence electrons. The molecule has 0 saturated heterocycles. The Balaban J connectivity index is 2.33. The first-order valence-corrected chi connectivity index (χ1v) is 6.87. The van der Waals surface area contributed by atoms with Gasteiger partial charge in [0.2, 0.25) is 5.91 Å². The summed E-state index contributed by atoms with van der Waals surface area (Å²) in [4.78, 5) is 13.9. The van der Waals surface area contributed by atoms with E-state index in [-0.39, 0.29) is 5.91 Å². The highest BCUT2D eigenvalue weighted by Gasteiger charge is 2.06. The lowest BCUT2D eigenvalue weighted by molar-refractivity contribution is -0.117. The molecule has 0 saturated carbocycles. The molecule has 0 radical (unpaired) electrons. The summed E-state index contributed by atoms with van der Waals surface area (Å²) < 4.78 is 0. The Kier molecular flexibility index (Phi) is 7.15. The Morgan fingerprint density at radius 1 is 1.26 bits per heavy atom. The Labute approximate surface area is 116 Å². The van der Waals surface area contributed by atoms with Crippen LogP contribution in [0.4, 0.5) is 5.69 Å². The van der Waals surface area contributed by atoms with Crippen molar-refractivity contribution in [2.24, 2.45) is 0 Å². The molecule has 1 aromatic rings. The fourth-order valence-corrected chi connectivity index (χ4v) is 1.87. The van der Waals surface area contributed by atoms with Crippen molar-refractivity contribution < 1.29 is 4.79 Å². The maximum atomic E-state index is 11.8. The number of likely N-dealkylation sites (N-methyl/N-ethyl adjacent to an activating group) is 1. The molecule has 0 aliphatic rings. The number of rotatable bonds is 8. The topological polar surface area (TPSA) is 44.4 Å². The van der Waals surface area contributed by atoms with Crippen LogP contribution in [0.5, 0.6) is 0 Å². The lowest BCUT2D eigenvalue weighted by Crippen LogP contribution is -2.31. The zero-order valence-corrected chi connectivity index (χ0v) is 12.2. The van der Waals surface area contributed by atoms with Crippen molar-refractivity contribution in [3.63, 3.8) is 0 Å². The molecule has 1 amide bonds. The molecule has 1 aromatic carbocycles. The van der Waals surface area contributed by atoms with Gasteiger partial charge in [0.25, 0.3) is 0 Å². The second-order valence-electron chi connectivity index (χ2n) is 4.79. The monoisotopic (exact) mass is 263 g/mol. The number of aryl methyl sites for hydroxylation is 1. The molecule has 1 rings (SSSR count). The summed E-state index contributed by atoms with van der Waals surface area (Å²) in [6.45, 7) is 4.44. The number of amides is 1. The third-order valence-electron chi connectivity index (χ3n) is 3.03. The van der Waals surface area contributed by atoms with Crippen LogP contribution in [0.3, 0.4) is 0 Å². The predicted octanol–water partition coefficient (Wildman–Crippen LogP) is 1.73. The number of nitrogens with one attached hydrogen (secondary N) is 2. The van der Waals surface area contributed by atoms with E-state index in [1.54, 1.807) is 0 Å². The smallest absolute Gasteiger partial charge is 0.238 e. The van der Waals surface area contributed by atoms with E-state index < -0.39 is 0 Å². The van der Waals surface area contributed by atoms with Crippen molar-refractivity contribution in [1.82, 2.24) is 10.2 Å². The SMILES string of the molecule is CCc1ccc(NC(=O)CN(C)CCCNC)cc1. The number of nitrogens with zero attached hydrogens (tertiary/aromatic N) is 1. The number of carbonyl (C=O) groups is 1. The van der Waals surface area contributed by atoms with Crippen molar-refractivity contribution in [3.8, 4) is 0 Å². The van der Waals surface area contributed by atoms with E-state index >= 15 is 0 Å². The van der Waals surface area contributed by atoms with Crippen LogP contribution in [0.2, 0.25) is 0 Å². The lowest BCUT2D eigenvalue weighted by Gasteiger charge is -2.16. The molecule has 0 fully saturated rings. The van der Waals surface area contributed by atoms with Gasteiger partial charge in [-0.2, -0.15) is 0 Å². The van der Waals surface area contributed by atoms with Crippen LogP contribution in [0, 0.1) is 0 Å². The van der Waals surface area contributed by atoms with E-state index in [1.807, 2.05) is 43.3 Å². The Morgan fingerprint density at radius 3 is 2.53 bits per heavy atom. The molecule has 0 spiro atoms. The van der Waals surface area contributed by atoms with Gasteiger partial charge in [-0.25, -0.2) is 0 Å². The highest BCUT2D eigenvalue weighted by molar-refractivity contribution is 5.92. The summed E-state index contributed by atoms with van der Waals surface area (Å²) in [6.07, 6.45) is 2.06. The second-order valence-corrected chi connectivity index (χ2v) is 4.79. The number of hydrogen-bond donors (Lipinski definition) is 2. The molecule has 0 bridgehead atoms. The zero-order chi connectivity index (χ0) is 14.1.